The normalized spacial score (nSPS) is 13.6. The van der Waals surface area contributed by atoms with Crippen LogP contribution in [0.1, 0.15) is 47.0 Å². The van der Waals surface area contributed by atoms with Gasteiger partial charge in [0.1, 0.15) is 5.00 Å². The third kappa shape index (κ3) is 5.18. The van der Waals surface area contributed by atoms with E-state index in [9.17, 15) is 18.0 Å². The quantitative estimate of drug-likeness (QED) is 0.630. The summed E-state index contributed by atoms with van der Waals surface area (Å²) in [5.41, 5.74) is 1.37. The van der Waals surface area contributed by atoms with Crippen LogP contribution in [0.15, 0.2) is 29.2 Å². The monoisotopic (exact) mass is 455 g/mol. The molecule has 0 saturated heterocycles. The van der Waals surface area contributed by atoms with Gasteiger partial charge in [0.2, 0.25) is 5.91 Å². The minimum atomic E-state index is -3.61. The molecule has 0 bridgehead atoms. The minimum absolute atomic E-state index is 0.119. The fraction of sp³-hybridized carbons (Fsp3) is 0.400. The summed E-state index contributed by atoms with van der Waals surface area (Å²) < 4.78 is 30.0. The molecule has 1 aliphatic carbocycles. The second kappa shape index (κ2) is 9.28. The van der Waals surface area contributed by atoms with Gasteiger partial charge in [0.25, 0.3) is 0 Å². The smallest absolute Gasteiger partial charge is 0.341 e. The number of rotatable bonds is 7. The number of fused-ring (bicyclic) bond motifs is 1. The SMILES string of the molecule is CCOC(=O)c1c(NC(=O)CCS(=O)(=O)c2ccc(Cl)cc2)sc2c1CCCC2. The molecule has 0 radical (unpaired) electrons. The van der Waals surface area contributed by atoms with Crippen molar-refractivity contribution in [1.82, 2.24) is 0 Å². The molecule has 0 saturated carbocycles. The van der Waals surface area contributed by atoms with Crippen LogP contribution < -0.4 is 5.32 Å². The van der Waals surface area contributed by atoms with E-state index in [0.717, 1.165) is 36.1 Å². The maximum absolute atomic E-state index is 12.4. The average Bonchev–Trinajstić information content (AvgIpc) is 3.05. The van der Waals surface area contributed by atoms with Gasteiger partial charge < -0.3 is 10.1 Å². The highest BCUT2D eigenvalue weighted by atomic mass is 35.5. The van der Waals surface area contributed by atoms with Crippen LogP contribution in [-0.2, 0) is 32.2 Å². The number of ether oxygens (including phenoxy) is 1. The molecule has 1 aromatic heterocycles. The Balaban J connectivity index is 1.73. The summed E-state index contributed by atoms with van der Waals surface area (Å²) in [4.78, 5) is 26.1. The lowest BCUT2D eigenvalue weighted by atomic mass is 9.95. The van der Waals surface area contributed by atoms with E-state index in [0.29, 0.717) is 15.6 Å². The molecule has 0 atom stereocenters. The van der Waals surface area contributed by atoms with E-state index in [2.05, 4.69) is 5.32 Å². The summed E-state index contributed by atoms with van der Waals surface area (Å²) in [6.45, 7) is 1.98. The number of amides is 1. The average molecular weight is 456 g/mol. The number of hydrogen-bond donors (Lipinski definition) is 1. The maximum Gasteiger partial charge on any atom is 0.341 e. The van der Waals surface area contributed by atoms with E-state index in [4.69, 9.17) is 16.3 Å². The van der Waals surface area contributed by atoms with Gasteiger partial charge in [-0.15, -0.1) is 11.3 Å². The number of carbonyl (C=O) groups excluding carboxylic acids is 2. The Morgan fingerprint density at radius 1 is 1.17 bits per heavy atom. The van der Waals surface area contributed by atoms with Crippen molar-refractivity contribution < 1.29 is 22.7 Å². The van der Waals surface area contributed by atoms with Gasteiger partial charge in [-0.05, 0) is 62.4 Å². The molecule has 156 valence electrons. The number of carbonyl (C=O) groups is 2. The van der Waals surface area contributed by atoms with Crippen molar-refractivity contribution in [1.29, 1.82) is 0 Å². The Kier molecular flexibility index (Phi) is 6.97. The third-order valence-corrected chi connectivity index (χ3v) is 7.87. The Labute approximate surface area is 179 Å². The first-order chi connectivity index (χ1) is 13.8. The van der Waals surface area contributed by atoms with Crippen molar-refractivity contribution in [3.8, 4) is 0 Å². The number of anilines is 1. The van der Waals surface area contributed by atoms with Crippen LogP contribution >= 0.6 is 22.9 Å². The van der Waals surface area contributed by atoms with Crippen LogP contribution in [0.3, 0.4) is 0 Å². The Hall–Kier alpha value is -1.90. The van der Waals surface area contributed by atoms with E-state index in [1.165, 1.54) is 35.6 Å². The fourth-order valence-electron chi connectivity index (χ4n) is 3.25. The second-order valence-corrected chi connectivity index (χ2v) is 10.4. The molecule has 9 heteroatoms. The minimum Gasteiger partial charge on any atom is -0.462 e. The molecule has 1 N–H and O–H groups in total. The van der Waals surface area contributed by atoms with E-state index >= 15 is 0 Å². The number of hydrogen-bond acceptors (Lipinski definition) is 6. The molecular weight excluding hydrogens is 434 g/mol. The number of halogens is 1. The molecule has 6 nitrogen and oxygen atoms in total. The first-order valence-electron chi connectivity index (χ1n) is 9.41. The summed E-state index contributed by atoms with van der Waals surface area (Å²) in [7, 11) is -3.61. The molecule has 1 heterocycles. The molecule has 1 aromatic carbocycles. The molecule has 3 rings (SSSR count). The number of sulfone groups is 1. The van der Waals surface area contributed by atoms with Crippen LogP contribution in [0.5, 0.6) is 0 Å². The predicted octanol–water partition coefficient (Wildman–Crippen LogP) is 4.26. The first kappa shape index (κ1) is 21.8. The van der Waals surface area contributed by atoms with Crippen molar-refractivity contribution in [3.63, 3.8) is 0 Å². The van der Waals surface area contributed by atoms with E-state index in [1.54, 1.807) is 6.92 Å². The van der Waals surface area contributed by atoms with E-state index < -0.39 is 21.7 Å². The molecule has 0 fully saturated rings. The van der Waals surface area contributed by atoms with Crippen molar-refractivity contribution in [3.05, 3.63) is 45.3 Å². The molecule has 2 aromatic rings. The van der Waals surface area contributed by atoms with Gasteiger partial charge in [0.05, 0.1) is 22.8 Å². The molecule has 0 unspecified atom stereocenters. The predicted molar refractivity (Wildman–Crippen MR) is 114 cm³/mol. The molecule has 1 amide bonds. The topological polar surface area (TPSA) is 89.5 Å². The highest BCUT2D eigenvalue weighted by Crippen LogP contribution is 2.38. The lowest BCUT2D eigenvalue weighted by molar-refractivity contribution is -0.115. The summed E-state index contributed by atoms with van der Waals surface area (Å²) in [6, 6.07) is 5.83. The van der Waals surface area contributed by atoms with Gasteiger partial charge in [-0.1, -0.05) is 11.6 Å². The third-order valence-electron chi connectivity index (χ3n) is 4.67. The Morgan fingerprint density at radius 2 is 1.86 bits per heavy atom. The van der Waals surface area contributed by atoms with Crippen molar-refractivity contribution in [2.24, 2.45) is 0 Å². The van der Waals surface area contributed by atoms with Crippen molar-refractivity contribution >= 4 is 49.7 Å². The molecule has 0 aliphatic heterocycles. The first-order valence-corrected chi connectivity index (χ1v) is 12.3. The zero-order valence-corrected chi connectivity index (χ0v) is 18.4. The van der Waals surface area contributed by atoms with Crippen LogP contribution in [0.4, 0.5) is 5.00 Å². The van der Waals surface area contributed by atoms with Crippen LogP contribution in [0, 0.1) is 0 Å². The standard InChI is InChI=1S/C20H22ClNO5S2/c1-2-27-20(24)18-15-5-3-4-6-16(15)28-19(18)22-17(23)11-12-29(25,26)14-9-7-13(21)8-10-14/h7-10H,2-6,11-12H2,1H3,(H,22,23). The lowest BCUT2D eigenvalue weighted by Gasteiger charge is -2.12. The largest absolute Gasteiger partial charge is 0.462 e. The van der Waals surface area contributed by atoms with Gasteiger partial charge >= 0.3 is 5.97 Å². The lowest BCUT2D eigenvalue weighted by Crippen LogP contribution is -2.19. The molecule has 29 heavy (non-hydrogen) atoms. The zero-order valence-electron chi connectivity index (χ0n) is 16.0. The molecule has 1 aliphatic rings. The van der Waals surface area contributed by atoms with E-state index in [-0.39, 0.29) is 23.7 Å². The van der Waals surface area contributed by atoms with Gasteiger partial charge in [0, 0.05) is 16.3 Å². The zero-order chi connectivity index (χ0) is 21.0. The Bertz CT molecular complexity index is 1010. The summed E-state index contributed by atoms with van der Waals surface area (Å²) >= 11 is 7.17. The van der Waals surface area contributed by atoms with Crippen LogP contribution in [-0.4, -0.2) is 32.7 Å². The second-order valence-electron chi connectivity index (χ2n) is 6.71. The van der Waals surface area contributed by atoms with Gasteiger partial charge in [-0.25, -0.2) is 13.2 Å². The number of aryl methyl sites for hydroxylation is 1. The molecular formula is C20H22ClNO5S2. The summed E-state index contributed by atoms with van der Waals surface area (Å²) in [5, 5.41) is 3.62. The summed E-state index contributed by atoms with van der Waals surface area (Å²) in [6.07, 6.45) is 3.47. The van der Waals surface area contributed by atoms with Crippen molar-refractivity contribution in [2.75, 3.05) is 17.7 Å². The van der Waals surface area contributed by atoms with E-state index in [1.807, 2.05) is 0 Å². The summed E-state index contributed by atoms with van der Waals surface area (Å²) in [5.74, 6) is -1.23. The van der Waals surface area contributed by atoms with Gasteiger partial charge in [-0.2, -0.15) is 0 Å². The van der Waals surface area contributed by atoms with Gasteiger partial charge in [0.15, 0.2) is 9.84 Å². The Morgan fingerprint density at radius 3 is 2.55 bits per heavy atom. The number of benzene rings is 1. The maximum atomic E-state index is 12.4. The molecule has 0 spiro atoms. The number of esters is 1. The highest BCUT2D eigenvalue weighted by Gasteiger charge is 2.27. The van der Waals surface area contributed by atoms with Crippen LogP contribution in [0.2, 0.25) is 5.02 Å². The van der Waals surface area contributed by atoms with Crippen molar-refractivity contribution in [2.45, 2.75) is 43.9 Å². The highest BCUT2D eigenvalue weighted by molar-refractivity contribution is 7.91. The number of thiophene rings is 1. The number of nitrogens with one attached hydrogen (secondary N) is 1. The van der Waals surface area contributed by atoms with Gasteiger partial charge in [-0.3, -0.25) is 4.79 Å². The van der Waals surface area contributed by atoms with Crippen LogP contribution in [0.25, 0.3) is 0 Å². The fourth-order valence-corrected chi connectivity index (χ4v) is 5.91.